The number of rotatable bonds is 4. The summed E-state index contributed by atoms with van der Waals surface area (Å²) < 4.78 is 5.14. The monoisotopic (exact) mass is 356 g/mol. The van der Waals surface area contributed by atoms with Gasteiger partial charge in [0.15, 0.2) is 0 Å². The molecule has 1 fully saturated rings. The fourth-order valence-corrected chi connectivity index (χ4v) is 3.01. The molecule has 7 nitrogen and oxygen atoms in total. The Balaban J connectivity index is 2.71. The standard InChI is InChI=1S/C18H32N2O5/c1-17(2,3)12-7-9-20(10-8-12)15(23)13(11-14(21)22)19-16(24)25-18(4,5)6/h12-13H,7-11H2,1-6H3,(H,19,24)(H,21,22). The summed E-state index contributed by atoms with van der Waals surface area (Å²) in [5.41, 5.74) is -0.531. The van der Waals surface area contributed by atoms with E-state index in [-0.39, 0.29) is 11.3 Å². The second-order valence-electron chi connectivity index (χ2n) is 8.76. The van der Waals surface area contributed by atoms with Crippen molar-refractivity contribution in [1.82, 2.24) is 10.2 Å². The number of carbonyl (C=O) groups excluding carboxylic acids is 2. The van der Waals surface area contributed by atoms with Gasteiger partial charge in [0.1, 0.15) is 11.6 Å². The van der Waals surface area contributed by atoms with Crippen LogP contribution in [0.3, 0.4) is 0 Å². The SMILES string of the molecule is CC(C)(C)OC(=O)NC(CC(=O)O)C(=O)N1CCC(C(C)(C)C)CC1. The third-order valence-electron chi connectivity index (χ3n) is 4.40. The van der Waals surface area contributed by atoms with E-state index in [1.165, 1.54) is 0 Å². The molecule has 0 saturated carbocycles. The van der Waals surface area contributed by atoms with Gasteiger partial charge in [-0.2, -0.15) is 0 Å². The van der Waals surface area contributed by atoms with Gasteiger partial charge in [-0.15, -0.1) is 0 Å². The molecule has 0 radical (unpaired) electrons. The number of carboxylic acid groups (broad SMARTS) is 1. The number of alkyl carbamates (subject to hydrolysis) is 1. The van der Waals surface area contributed by atoms with Crippen LogP contribution >= 0.6 is 0 Å². The summed E-state index contributed by atoms with van der Waals surface area (Å²) in [6.45, 7) is 12.8. The average molecular weight is 356 g/mol. The van der Waals surface area contributed by atoms with Gasteiger partial charge in [-0.3, -0.25) is 9.59 Å². The summed E-state index contributed by atoms with van der Waals surface area (Å²) in [5.74, 6) is -0.979. The zero-order valence-corrected chi connectivity index (χ0v) is 16.2. The lowest BCUT2D eigenvalue weighted by molar-refractivity contribution is -0.143. The normalized spacial score (nSPS) is 17.8. The molecule has 0 aromatic heterocycles. The van der Waals surface area contributed by atoms with Crippen molar-refractivity contribution < 1.29 is 24.2 Å². The van der Waals surface area contributed by atoms with Gasteiger partial charge in [0.05, 0.1) is 6.42 Å². The maximum absolute atomic E-state index is 12.7. The minimum atomic E-state index is -1.14. The number of nitrogens with zero attached hydrogens (tertiary/aromatic N) is 1. The van der Waals surface area contributed by atoms with Crippen LogP contribution in [0.1, 0.15) is 60.8 Å². The van der Waals surface area contributed by atoms with Crippen LogP contribution in [0.2, 0.25) is 0 Å². The first-order valence-corrected chi connectivity index (χ1v) is 8.79. The van der Waals surface area contributed by atoms with Gasteiger partial charge in [0.2, 0.25) is 5.91 Å². The molecule has 0 bridgehead atoms. The first kappa shape index (κ1) is 21.3. The number of nitrogens with one attached hydrogen (secondary N) is 1. The Morgan fingerprint density at radius 1 is 1.12 bits per heavy atom. The number of aliphatic carboxylic acids is 1. The van der Waals surface area contributed by atoms with E-state index in [9.17, 15) is 14.4 Å². The first-order valence-electron chi connectivity index (χ1n) is 8.79. The zero-order valence-electron chi connectivity index (χ0n) is 16.2. The average Bonchev–Trinajstić information content (AvgIpc) is 2.42. The maximum Gasteiger partial charge on any atom is 0.408 e. The number of hydrogen-bond acceptors (Lipinski definition) is 4. The number of ether oxygens (including phenoxy) is 1. The van der Waals surface area contributed by atoms with Crippen molar-refractivity contribution in [3.05, 3.63) is 0 Å². The quantitative estimate of drug-likeness (QED) is 0.807. The Morgan fingerprint density at radius 2 is 1.64 bits per heavy atom. The van der Waals surface area contributed by atoms with E-state index >= 15 is 0 Å². The Morgan fingerprint density at radius 3 is 2.04 bits per heavy atom. The van der Waals surface area contributed by atoms with E-state index in [1.54, 1.807) is 25.7 Å². The van der Waals surface area contributed by atoms with Crippen LogP contribution in [0, 0.1) is 11.3 Å². The molecule has 1 heterocycles. The Hall–Kier alpha value is -1.79. The van der Waals surface area contributed by atoms with E-state index in [0.717, 1.165) is 12.8 Å². The lowest BCUT2D eigenvalue weighted by Crippen LogP contribution is -2.52. The summed E-state index contributed by atoms with van der Waals surface area (Å²) in [6, 6.07) is -1.11. The van der Waals surface area contributed by atoms with Crippen molar-refractivity contribution in [3.63, 3.8) is 0 Å². The number of piperidine rings is 1. The fraction of sp³-hybridized carbons (Fsp3) is 0.833. The summed E-state index contributed by atoms with van der Waals surface area (Å²) in [6.07, 6.45) is 0.511. The second kappa shape index (κ2) is 8.06. The van der Waals surface area contributed by atoms with Crippen molar-refractivity contribution in [3.8, 4) is 0 Å². The molecule has 1 aliphatic rings. The third kappa shape index (κ3) is 7.32. The lowest BCUT2D eigenvalue weighted by atomic mass is 9.75. The molecular formula is C18H32N2O5. The number of likely N-dealkylation sites (tertiary alicyclic amines) is 1. The van der Waals surface area contributed by atoms with Crippen LogP contribution in [0.15, 0.2) is 0 Å². The Bertz CT molecular complexity index is 497. The molecule has 0 spiro atoms. The predicted octanol–water partition coefficient (Wildman–Crippen LogP) is 2.64. The van der Waals surface area contributed by atoms with Gasteiger partial charge in [-0.25, -0.2) is 4.79 Å². The molecule has 1 atom stereocenters. The molecule has 1 rings (SSSR count). The molecule has 7 heteroatoms. The zero-order chi connectivity index (χ0) is 19.4. The van der Waals surface area contributed by atoms with Crippen molar-refractivity contribution in [2.45, 2.75) is 72.4 Å². The highest BCUT2D eigenvalue weighted by Crippen LogP contribution is 2.34. The van der Waals surface area contributed by atoms with E-state index < -0.39 is 30.1 Å². The largest absolute Gasteiger partial charge is 0.481 e. The molecule has 2 N–H and O–H groups in total. The lowest BCUT2D eigenvalue weighted by Gasteiger charge is -2.39. The van der Waals surface area contributed by atoms with Crippen molar-refractivity contribution in [2.75, 3.05) is 13.1 Å². The molecule has 0 aromatic carbocycles. The molecule has 1 unspecified atom stereocenters. The number of hydrogen-bond donors (Lipinski definition) is 2. The van der Waals surface area contributed by atoms with Gasteiger partial charge in [0, 0.05) is 13.1 Å². The number of carbonyl (C=O) groups is 3. The van der Waals surface area contributed by atoms with Crippen molar-refractivity contribution in [2.24, 2.45) is 11.3 Å². The minimum absolute atomic E-state index is 0.185. The summed E-state index contributed by atoms with van der Waals surface area (Å²) in [4.78, 5) is 37.3. The molecule has 1 aliphatic heterocycles. The number of carboxylic acids is 1. The van der Waals surface area contributed by atoms with Gasteiger partial charge >= 0.3 is 12.1 Å². The van der Waals surface area contributed by atoms with Gasteiger partial charge in [-0.1, -0.05) is 20.8 Å². The van der Waals surface area contributed by atoms with Crippen LogP contribution in [-0.4, -0.2) is 52.7 Å². The molecule has 1 saturated heterocycles. The van der Waals surface area contributed by atoms with Crippen LogP contribution in [-0.2, 0) is 14.3 Å². The van der Waals surface area contributed by atoms with Crippen LogP contribution in [0.25, 0.3) is 0 Å². The van der Waals surface area contributed by atoms with E-state index in [0.29, 0.717) is 19.0 Å². The van der Waals surface area contributed by atoms with Gasteiger partial charge in [0.25, 0.3) is 0 Å². The van der Waals surface area contributed by atoms with E-state index in [4.69, 9.17) is 9.84 Å². The summed E-state index contributed by atoms with van der Waals surface area (Å²) in [5, 5.41) is 11.5. The molecular weight excluding hydrogens is 324 g/mol. The highest BCUT2D eigenvalue weighted by atomic mass is 16.6. The smallest absolute Gasteiger partial charge is 0.408 e. The molecule has 2 amide bonds. The minimum Gasteiger partial charge on any atom is -0.481 e. The van der Waals surface area contributed by atoms with Crippen LogP contribution in [0.4, 0.5) is 4.79 Å². The van der Waals surface area contributed by atoms with Crippen molar-refractivity contribution >= 4 is 18.0 Å². The van der Waals surface area contributed by atoms with E-state index in [1.807, 2.05) is 0 Å². The molecule has 0 aromatic rings. The fourth-order valence-electron chi connectivity index (χ4n) is 3.01. The molecule has 0 aliphatic carbocycles. The Labute approximate surface area is 150 Å². The maximum atomic E-state index is 12.7. The second-order valence-corrected chi connectivity index (χ2v) is 8.76. The highest BCUT2D eigenvalue weighted by molar-refractivity contribution is 5.89. The van der Waals surface area contributed by atoms with Gasteiger partial charge < -0.3 is 20.1 Å². The summed E-state index contributed by atoms with van der Waals surface area (Å²) >= 11 is 0. The predicted molar refractivity (Wildman–Crippen MR) is 94.2 cm³/mol. The third-order valence-corrected chi connectivity index (χ3v) is 4.40. The molecule has 144 valence electrons. The highest BCUT2D eigenvalue weighted by Gasteiger charge is 2.34. The molecule has 25 heavy (non-hydrogen) atoms. The van der Waals surface area contributed by atoms with Crippen LogP contribution < -0.4 is 5.32 Å². The van der Waals surface area contributed by atoms with Crippen molar-refractivity contribution in [1.29, 1.82) is 0 Å². The Kier molecular flexibility index (Phi) is 6.85. The van der Waals surface area contributed by atoms with Crippen LogP contribution in [0.5, 0.6) is 0 Å². The van der Waals surface area contributed by atoms with E-state index in [2.05, 4.69) is 26.1 Å². The van der Waals surface area contributed by atoms with Gasteiger partial charge in [-0.05, 0) is 44.9 Å². The topological polar surface area (TPSA) is 95.9 Å². The summed E-state index contributed by atoms with van der Waals surface area (Å²) in [7, 11) is 0. The first-order chi connectivity index (χ1) is 11.3. The number of amides is 2.